The fraction of sp³-hybridized carbons (Fsp3) is 0.882. The van der Waals surface area contributed by atoms with Crippen molar-refractivity contribution in [1.29, 1.82) is 0 Å². The summed E-state index contributed by atoms with van der Waals surface area (Å²) in [6, 6.07) is -1.06. The monoisotopic (exact) mass is 330 g/mol. The summed E-state index contributed by atoms with van der Waals surface area (Å²) in [5.74, 6) is -0.645. The van der Waals surface area contributed by atoms with Crippen molar-refractivity contribution in [3.05, 3.63) is 0 Å². The smallest absolute Gasteiger partial charge is 0.322 e. The maximum Gasteiger partial charge on any atom is 0.322 e. The maximum atomic E-state index is 11.1. The lowest BCUT2D eigenvalue weighted by atomic mass is 10.1. The highest BCUT2D eigenvalue weighted by Crippen LogP contribution is 2.10. The summed E-state index contributed by atoms with van der Waals surface area (Å²) in [6.45, 7) is 4.21. The van der Waals surface area contributed by atoms with E-state index in [-0.39, 0.29) is 11.9 Å². The standard InChI is InChI=1S/C17H34N2O4/c1-14(18)16(20)22-12-10-8-6-4-3-5-7-9-11-13-23-17(21)15(2)19/h14-15H,3-13,18-19H2,1-2H3/t14-,15-/m0/s1. The average molecular weight is 330 g/mol. The van der Waals surface area contributed by atoms with Gasteiger partial charge in [0.05, 0.1) is 13.2 Å². The molecule has 0 aliphatic carbocycles. The van der Waals surface area contributed by atoms with Gasteiger partial charge in [0.15, 0.2) is 0 Å². The summed E-state index contributed by atoms with van der Waals surface area (Å²) < 4.78 is 10.0. The molecule has 6 nitrogen and oxygen atoms in total. The van der Waals surface area contributed by atoms with E-state index < -0.39 is 12.1 Å². The second kappa shape index (κ2) is 14.5. The predicted molar refractivity (Wildman–Crippen MR) is 90.8 cm³/mol. The van der Waals surface area contributed by atoms with Gasteiger partial charge in [-0.05, 0) is 26.7 Å². The van der Waals surface area contributed by atoms with Gasteiger partial charge < -0.3 is 20.9 Å². The van der Waals surface area contributed by atoms with E-state index >= 15 is 0 Å². The zero-order chi connectivity index (χ0) is 17.5. The van der Waals surface area contributed by atoms with Crippen LogP contribution >= 0.6 is 0 Å². The fourth-order valence-corrected chi connectivity index (χ4v) is 2.05. The Morgan fingerprint density at radius 1 is 0.652 bits per heavy atom. The van der Waals surface area contributed by atoms with Gasteiger partial charge in [-0.15, -0.1) is 0 Å². The minimum atomic E-state index is -0.530. The molecule has 2 atom stereocenters. The van der Waals surface area contributed by atoms with E-state index in [0.717, 1.165) is 25.7 Å². The van der Waals surface area contributed by atoms with Crippen molar-refractivity contribution < 1.29 is 19.1 Å². The van der Waals surface area contributed by atoms with Gasteiger partial charge in [0, 0.05) is 0 Å². The number of hydrogen-bond donors (Lipinski definition) is 2. The fourth-order valence-electron chi connectivity index (χ4n) is 2.05. The van der Waals surface area contributed by atoms with Crippen molar-refractivity contribution in [1.82, 2.24) is 0 Å². The van der Waals surface area contributed by atoms with E-state index in [2.05, 4.69) is 0 Å². The van der Waals surface area contributed by atoms with E-state index in [0.29, 0.717) is 13.2 Å². The van der Waals surface area contributed by atoms with Crippen LogP contribution in [0.1, 0.15) is 71.6 Å². The molecular weight excluding hydrogens is 296 g/mol. The number of nitrogens with two attached hydrogens (primary N) is 2. The molecule has 0 unspecified atom stereocenters. The predicted octanol–water partition coefficient (Wildman–Crippen LogP) is 2.28. The van der Waals surface area contributed by atoms with Crippen LogP contribution in [0.25, 0.3) is 0 Å². The molecule has 0 saturated heterocycles. The van der Waals surface area contributed by atoms with Crippen LogP contribution < -0.4 is 11.5 Å². The minimum Gasteiger partial charge on any atom is -0.465 e. The first-order valence-electron chi connectivity index (χ1n) is 8.79. The Bertz CT molecular complexity index is 290. The van der Waals surface area contributed by atoms with Gasteiger partial charge in [0.1, 0.15) is 12.1 Å². The molecule has 0 aliphatic rings. The summed E-state index contributed by atoms with van der Waals surface area (Å²) in [5, 5.41) is 0. The van der Waals surface area contributed by atoms with Gasteiger partial charge in [-0.1, -0.05) is 44.9 Å². The van der Waals surface area contributed by atoms with E-state index in [9.17, 15) is 9.59 Å². The lowest BCUT2D eigenvalue weighted by molar-refractivity contribution is -0.145. The van der Waals surface area contributed by atoms with Crippen LogP contribution in [0.4, 0.5) is 0 Å². The molecule has 0 heterocycles. The summed E-state index contributed by atoms with van der Waals surface area (Å²) in [5.41, 5.74) is 10.8. The van der Waals surface area contributed by atoms with Crippen LogP contribution in [0.5, 0.6) is 0 Å². The molecular formula is C17H34N2O4. The molecule has 0 radical (unpaired) electrons. The Kier molecular flexibility index (Phi) is 13.7. The highest BCUT2D eigenvalue weighted by Gasteiger charge is 2.08. The van der Waals surface area contributed by atoms with Gasteiger partial charge in [0.2, 0.25) is 0 Å². The first-order chi connectivity index (χ1) is 10.9. The van der Waals surface area contributed by atoms with E-state index in [1.54, 1.807) is 13.8 Å². The number of ether oxygens (including phenoxy) is 2. The van der Waals surface area contributed by atoms with Crippen LogP contribution in [0.15, 0.2) is 0 Å². The van der Waals surface area contributed by atoms with Gasteiger partial charge >= 0.3 is 11.9 Å². The van der Waals surface area contributed by atoms with Gasteiger partial charge in [-0.3, -0.25) is 9.59 Å². The van der Waals surface area contributed by atoms with Crippen molar-refractivity contribution >= 4 is 11.9 Å². The third-order valence-electron chi connectivity index (χ3n) is 3.52. The molecule has 0 rings (SSSR count). The Hall–Kier alpha value is -1.14. The summed E-state index contributed by atoms with van der Waals surface area (Å²) in [4.78, 5) is 22.2. The first-order valence-corrected chi connectivity index (χ1v) is 8.79. The number of carbonyl (C=O) groups excluding carboxylic acids is 2. The summed E-state index contributed by atoms with van der Waals surface area (Å²) in [6.07, 6.45) is 9.95. The van der Waals surface area contributed by atoms with Crippen molar-refractivity contribution in [2.45, 2.75) is 83.7 Å². The Labute approximate surface area is 140 Å². The lowest BCUT2D eigenvalue weighted by Crippen LogP contribution is -2.28. The minimum absolute atomic E-state index is 0.323. The Balaban J connectivity index is 3.17. The number of unbranched alkanes of at least 4 members (excludes halogenated alkanes) is 8. The highest BCUT2D eigenvalue weighted by atomic mass is 16.5. The van der Waals surface area contributed by atoms with Crippen molar-refractivity contribution in [3.8, 4) is 0 Å². The lowest BCUT2D eigenvalue weighted by Gasteiger charge is -2.07. The molecule has 23 heavy (non-hydrogen) atoms. The van der Waals surface area contributed by atoms with E-state index in [1.807, 2.05) is 0 Å². The van der Waals surface area contributed by atoms with Crippen molar-refractivity contribution in [2.24, 2.45) is 11.5 Å². The van der Waals surface area contributed by atoms with Crippen LogP contribution in [0, 0.1) is 0 Å². The SMILES string of the molecule is C[C@H](N)C(=O)OCCCCCCCCCCCOC(=O)[C@H](C)N. The normalized spacial score (nSPS) is 13.4. The van der Waals surface area contributed by atoms with E-state index in [4.69, 9.17) is 20.9 Å². The Morgan fingerprint density at radius 3 is 1.17 bits per heavy atom. The second-order valence-corrected chi connectivity index (χ2v) is 6.09. The van der Waals surface area contributed by atoms with Crippen molar-refractivity contribution in [3.63, 3.8) is 0 Å². The number of esters is 2. The number of hydrogen-bond acceptors (Lipinski definition) is 6. The molecule has 0 bridgehead atoms. The molecule has 0 aromatic rings. The molecule has 0 aromatic carbocycles. The molecule has 0 spiro atoms. The number of rotatable bonds is 14. The van der Waals surface area contributed by atoms with Crippen LogP contribution in [-0.4, -0.2) is 37.2 Å². The van der Waals surface area contributed by atoms with E-state index in [1.165, 1.54) is 32.1 Å². The topological polar surface area (TPSA) is 105 Å². The third-order valence-corrected chi connectivity index (χ3v) is 3.52. The molecule has 4 N–H and O–H groups in total. The summed E-state index contributed by atoms with van der Waals surface area (Å²) in [7, 11) is 0. The third kappa shape index (κ3) is 14.2. The van der Waals surface area contributed by atoms with Crippen LogP contribution in [0.2, 0.25) is 0 Å². The van der Waals surface area contributed by atoms with Gasteiger partial charge in [-0.25, -0.2) is 0 Å². The highest BCUT2D eigenvalue weighted by molar-refractivity contribution is 5.75. The molecule has 0 amide bonds. The zero-order valence-electron chi connectivity index (χ0n) is 14.7. The zero-order valence-corrected chi connectivity index (χ0v) is 14.7. The first kappa shape index (κ1) is 21.9. The molecule has 136 valence electrons. The molecule has 0 aliphatic heterocycles. The molecule has 6 heteroatoms. The second-order valence-electron chi connectivity index (χ2n) is 6.09. The molecule has 0 fully saturated rings. The maximum absolute atomic E-state index is 11.1. The van der Waals surface area contributed by atoms with Gasteiger partial charge in [0.25, 0.3) is 0 Å². The Morgan fingerprint density at radius 2 is 0.913 bits per heavy atom. The molecule has 0 aromatic heterocycles. The molecule has 0 saturated carbocycles. The average Bonchev–Trinajstić information content (AvgIpc) is 2.50. The summed E-state index contributed by atoms with van der Waals surface area (Å²) >= 11 is 0. The van der Waals surface area contributed by atoms with Crippen molar-refractivity contribution in [2.75, 3.05) is 13.2 Å². The van der Waals surface area contributed by atoms with Gasteiger partial charge in [-0.2, -0.15) is 0 Å². The largest absolute Gasteiger partial charge is 0.465 e. The van der Waals surface area contributed by atoms with Crippen LogP contribution in [-0.2, 0) is 19.1 Å². The van der Waals surface area contributed by atoms with Crippen LogP contribution in [0.3, 0.4) is 0 Å². The quantitative estimate of drug-likeness (QED) is 0.374. The number of carbonyl (C=O) groups is 2.